The maximum atomic E-state index is 4.72. The first-order chi connectivity index (χ1) is 9.69. The molecule has 0 aliphatic rings. The fourth-order valence-corrected chi connectivity index (χ4v) is 2.19. The van der Waals surface area contributed by atoms with Gasteiger partial charge >= 0.3 is 0 Å². The fraction of sp³-hybridized carbons (Fsp3) is 0.529. The van der Waals surface area contributed by atoms with E-state index in [0.29, 0.717) is 0 Å². The Labute approximate surface area is 127 Å². The van der Waals surface area contributed by atoms with Crippen molar-refractivity contribution in [2.45, 2.75) is 60.5 Å². The summed E-state index contributed by atoms with van der Waals surface area (Å²) in [5.74, 6) is 0.890. The van der Waals surface area contributed by atoms with E-state index in [1.807, 2.05) is 17.7 Å². The molecule has 2 rings (SSSR count). The highest BCUT2D eigenvalue weighted by Crippen LogP contribution is 2.17. The van der Waals surface area contributed by atoms with E-state index < -0.39 is 0 Å². The maximum Gasteiger partial charge on any atom is 0.153 e. The number of rotatable bonds is 3. The molecule has 4 heteroatoms. The van der Waals surface area contributed by atoms with Crippen LogP contribution in [0.1, 0.15) is 49.0 Å². The van der Waals surface area contributed by atoms with Crippen molar-refractivity contribution in [1.82, 2.24) is 20.1 Å². The normalized spacial score (nSPS) is 12.0. The first-order valence-electron chi connectivity index (χ1n) is 7.44. The number of nitrogens with one attached hydrogen (secondary N) is 1. The van der Waals surface area contributed by atoms with Crippen LogP contribution >= 0.6 is 0 Å². The van der Waals surface area contributed by atoms with Crippen molar-refractivity contribution in [3.05, 3.63) is 40.3 Å². The van der Waals surface area contributed by atoms with E-state index in [1.165, 1.54) is 11.1 Å². The average molecular weight is 286 g/mol. The van der Waals surface area contributed by atoms with Gasteiger partial charge in [-0.1, -0.05) is 6.07 Å². The van der Waals surface area contributed by atoms with Crippen molar-refractivity contribution in [1.29, 1.82) is 0 Å². The van der Waals surface area contributed by atoms with Gasteiger partial charge in [-0.05, 0) is 65.7 Å². The Hall–Kier alpha value is -1.68. The Morgan fingerprint density at radius 3 is 2.19 bits per heavy atom. The Morgan fingerprint density at radius 1 is 1.05 bits per heavy atom. The Bertz CT molecular complexity index is 648. The summed E-state index contributed by atoms with van der Waals surface area (Å²) in [7, 11) is 0. The largest absolute Gasteiger partial charge is 0.308 e. The molecule has 0 atom stereocenters. The van der Waals surface area contributed by atoms with Crippen LogP contribution in [0.2, 0.25) is 0 Å². The molecule has 0 aliphatic carbocycles. The average Bonchev–Trinajstić information content (AvgIpc) is 2.64. The summed E-state index contributed by atoms with van der Waals surface area (Å²) in [6.07, 6.45) is 0. The molecular formula is C17H26N4. The molecule has 2 heterocycles. The summed E-state index contributed by atoms with van der Waals surface area (Å²) < 4.78 is 1.93. The SMILES string of the molecule is Cc1nc(-n2nc(C)c(C)c2C)ccc1CNC(C)(C)C. The maximum absolute atomic E-state index is 4.72. The highest BCUT2D eigenvalue weighted by Gasteiger charge is 2.13. The molecule has 0 saturated heterocycles. The Morgan fingerprint density at radius 2 is 1.71 bits per heavy atom. The van der Waals surface area contributed by atoms with E-state index in [1.54, 1.807) is 0 Å². The molecule has 21 heavy (non-hydrogen) atoms. The molecule has 0 bridgehead atoms. The standard InChI is InChI=1S/C17H26N4/c1-11-12(2)20-21(14(11)4)16-9-8-15(13(3)19-16)10-18-17(5,6)7/h8-9,18H,10H2,1-7H3. The zero-order chi connectivity index (χ0) is 15.8. The van der Waals surface area contributed by atoms with Crippen LogP contribution in [0.25, 0.3) is 5.82 Å². The Balaban J connectivity index is 2.28. The molecular weight excluding hydrogens is 260 g/mol. The minimum Gasteiger partial charge on any atom is -0.308 e. The predicted octanol–water partition coefficient (Wildman–Crippen LogP) is 3.39. The number of aromatic nitrogens is 3. The second-order valence-electron chi connectivity index (χ2n) is 6.73. The summed E-state index contributed by atoms with van der Waals surface area (Å²) >= 11 is 0. The van der Waals surface area contributed by atoms with E-state index in [-0.39, 0.29) is 5.54 Å². The minimum absolute atomic E-state index is 0.109. The molecule has 1 N–H and O–H groups in total. The van der Waals surface area contributed by atoms with Crippen LogP contribution in [-0.4, -0.2) is 20.3 Å². The van der Waals surface area contributed by atoms with Crippen LogP contribution < -0.4 is 5.32 Å². The van der Waals surface area contributed by atoms with E-state index in [0.717, 1.165) is 29.4 Å². The van der Waals surface area contributed by atoms with Gasteiger partial charge < -0.3 is 5.32 Å². The van der Waals surface area contributed by atoms with Crippen LogP contribution in [0.4, 0.5) is 0 Å². The van der Waals surface area contributed by atoms with E-state index >= 15 is 0 Å². The molecule has 0 aliphatic heterocycles. The minimum atomic E-state index is 0.109. The van der Waals surface area contributed by atoms with E-state index in [2.05, 4.69) is 58.0 Å². The van der Waals surface area contributed by atoms with Gasteiger partial charge in [-0.15, -0.1) is 0 Å². The van der Waals surface area contributed by atoms with E-state index in [9.17, 15) is 0 Å². The summed E-state index contributed by atoms with van der Waals surface area (Å²) in [6, 6.07) is 4.19. The highest BCUT2D eigenvalue weighted by molar-refractivity contribution is 5.34. The lowest BCUT2D eigenvalue weighted by Gasteiger charge is -2.21. The summed E-state index contributed by atoms with van der Waals surface area (Å²) in [5, 5.41) is 8.07. The number of aryl methyl sites for hydroxylation is 2. The number of hydrogen-bond acceptors (Lipinski definition) is 3. The summed E-state index contributed by atoms with van der Waals surface area (Å²) in [4.78, 5) is 4.72. The molecule has 0 amide bonds. The van der Waals surface area contributed by atoms with Gasteiger partial charge in [-0.25, -0.2) is 9.67 Å². The second kappa shape index (κ2) is 5.60. The second-order valence-corrected chi connectivity index (χ2v) is 6.73. The molecule has 4 nitrogen and oxygen atoms in total. The zero-order valence-corrected chi connectivity index (χ0v) is 14.2. The van der Waals surface area contributed by atoms with Crippen LogP contribution in [0.5, 0.6) is 0 Å². The third-order valence-corrected chi connectivity index (χ3v) is 3.86. The van der Waals surface area contributed by atoms with E-state index in [4.69, 9.17) is 4.98 Å². The summed E-state index contributed by atoms with van der Waals surface area (Å²) in [6.45, 7) is 15.6. The number of nitrogens with zero attached hydrogens (tertiary/aromatic N) is 3. The van der Waals surface area contributed by atoms with Crippen molar-refractivity contribution in [2.75, 3.05) is 0 Å². The number of pyridine rings is 1. The van der Waals surface area contributed by atoms with Gasteiger partial charge in [0.2, 0.25) is 0 Å². The van der Waals surface area contributed by atoms with Gasteiger partial charge in [0, 0.05) is 23.5 Å². The van der Waals surface area contributed by atoms with Crippen molar-refractivity contribution in [3.8, 4) is 5.82 Å². The van der Waals surface area contributed by atoms with Gasteiger partial charge in [-0.2, -0.15) is 5.10 Å². The van der Waals surface area contributed by atoms with Gasteiger partial charge in [0.15, 0.2) is 5.82 Å². The van der Waals surface area contributed by atoms with Crippen molar-refractivity contribution < 1.29 is 0 Å². The molecule has 2 aromatic heterocycles. The van der Waals surface area contributed by atoms with Crippen LogP contribution in [-0.2, 0) is 6.54 Å². The van der Waals surface area contributed by atoms with Crippen molar-refractivity contribution in [3.63, 3.8) is 0 Å². The highest BCUT2D eigenvalue weighted by atomic mass is 15.3. The third-order valence-electron chi connectivity index (χ3n) is 3.86. The quantitative estimate of drug-likeness (QED) is 0.940. The van der Waals surface area contributed by atoms with Crippen molar-refractivity contribution >= 4 is 0 Å². The molecule has 0 spiro atoms. The van der Waals surface area contributed by atoms with Gasteiger partial charge in [-0.3, -0.25) is 0 Å². The lowest BCUT2D eigenvalue weighted by molar-refractivity contribution is 0.423. The molecule has 0 unspecified atom stereocenters. The monoisotopic (exact) mass is 286 g/mol. The number of hydrogen-bond donors (Lipinski definition) is 1. The van der Waals surface area contributed by atoms with Crippen molar-refractivity contribution in [2.24, 2.45) is 0 Å². The first kappa shape index (κ1) is 15.7. The molecule has 0 saturated carbocycles. The molecule has 0 fully saturated rings. The van der Waals surface area contributed by atoms with Gasteiger partial charge in [0.05, 0.1) is 5.69 Å². The predicted molar refractivity (Wildman–Crippen MR) is 86.9 cm³/mol. The Kier molecular flexibility index (Phi) is 4.19. The lowest BCUT2D eigenvalue weighted by Crippen LogP contribution is -2.35. The van der Waals surface area contributed by atoms with Gasteiger partial charge in [0.25, 0.3) is 0 Å². The third kappa shape index (κ3) is 3.50. The first-order valence-corrected chi connectivity index (χ1v) is 7.44. The zero-order valence-electron chi connectivity index (χ0n) is 14.2. The van der Waals surface area contributed by atoms with Crippen LogP contribution in [0, 0.1) is 27.7 Å². The topological polar surface area (TPSA) is 42.7 Å². The molecule has 0 radical (unpaired) electrons. The smallest absolute Gasteiger partial charge is 0.153 e. The summed E-state index contributed by atoms with van der Waals surface area (Å²) in [5.41, 5.74) is 5.83. The van der Waals surface area contributed by atoms with Gasteiger partial charge in [0.1, 0.15) is 0 Å². The molecule has 0 aromatic carbocycles. The molecule has 114 valence electrons. The fourth-order valence-electron chi connectivity index (χ4n) is 2.19. The van der Waals surface area contributed by atoms with Crippen LogP contribution in [0.15, 0.2) is 12.1 Å². The lowest BCUT2D eigenvalue weighted by atomic mass is 10.1. The molecule has 2 aromatic rings. The van der Waals surface area contributed by atoms with Crippen LogP contribution in [0.3, 0.4) is 0 Å².